The molecule has 0 aliphatic heterocycles. The van der Waals surface area contributed by atoms with Crippen molar-refractivity contribution in [2.24, 2.45) is 0 Å². The molecule has 1 aromatic rings. The summed E-state index contributed by atoms with van der Waals surface area (Å²) in [5, 5.41) is 0. The van der Waals surface area contributed by atoms with Crippen molar-refractivity contribution in [1.29, 1.82) is 0 Å². The predicted octanol–water partition coefficient (Wildman–Crippen LogP) is 2.31. The van der Waals surface area contributed by atoms with Gasteiger partial charge in [0.1, 0.15) is 5.78 Å². The molecule has 2 heteroatoms. The summed E-state index contributed by atoms with van der Waals surface area (Å²) in [6.45, 7) is 2.71. The first kappa shape index (κ1) is 11.9. The molecule has 1 unspecified atom stereocenters. The number of Topliss-reactive ketones (excluding diaryl/α,β-unsaturated/α-hetero) is 1. The maximum atomic E-state index is 11.8. The van der Waals surface area contributed by atoms with E-state index in [4.69, 9.17) is 0 Å². The van der Waals surface area contributed by atoms with Crippen molar-refractivity contribution in [3.05, 3.63) is 35.9 Å². The fraction of sp³-hybridized carbons (Fsp3) is 0.462. The molecule has 0 aromatic heterocycles. The highest BCUT2D eigenvalue weighted by molar-refractivity contribution is 5.85. The second-order valence-electron chi connectivity index (χ2n) is 4.05. The van der Waals surface area contributed by atoms with Gasteiger partial charge in [0.05, 0.1) is 5.92 Å². The first-order chi connectivity index (χ1) is 7.15. The number of hydrogen-bond acceptors (Lipinski definition) is 2. The number of carbonyl (C=O) groups excluding carboxylic acids is 1. The predicted molar refractivity (Wildman–Crippen MR) is 63.0 cm³/mol. The van der Waals surface area contributed by atoms with Crippen LogP contribution in [0.2, 0.25) is 0 Å². The van der Waals surface area contributed by atoms with Crippen LogP contribution in [0.4, 0.5) is 0 Å². The molecule has 2 nitrogen and oxygen atoms in total. The maximum absolute atomic E-state index is 11.8. The van der Waals surface area contributed by atoms with E-state index in [9.17, 15) is 4.79 Å². The molecule has 0 radical (unpaired) electrons. The van der Waals surface area contributed by atoms with Gasteiger partial charge in [-0.15, -0.1) is 0 Å². The molecule has 0 bridgehead atoms. The minimum atomic E-state index is 0.0196. The van der Waals surface area contributed by atoms with Crippen LogP contribution < -0.4 is 0 Å². The highest BCUT2D eigenvalue weighted by Crippen LogP contribution is 2.18. The van der Waals surface area contributed by atoms with Crippen molar-refractivity contribution in [3.63, 3.8) is 0 Å². The lowest BCUT2D eigenvalue weighted by Gasteiger charge is -2.19. The molecule has 0 fully saturated rings. The van der Waals surface area contributed by atoms with Gasteiger partial charge in [0.2, 0.25) is 0 Å². The molecule has 1 rings (SSSR count). The molecule has 0 aliphatic carbocycles. The summed E-state index contributed by atoms with van der Waals surface area (Å²) in [5.41, 5.74) is 1.12. The van der Waals surface area contributed by atoms with Gasteiger partial charge in [-0.3, -0.25) is 4.79 Å². The van der Waals surface area contributed by atoms with Crippen LogP contribution in [-0.2, 0) is 4.79 Å². The summed E-state index contributed by atoms with van der Waals surface area (Å²) in [6.07, 6.45) is 0.605. The third-order valence-electron chi connectivity index (χ3n) is 2.49. The normalized spacial score (nSPS) is 12.8. The number of ketones is 1. The van der Waals surface area contributed by atoms with Crippen LogP contribution >= 0.6 is 0 Å². The Bertz CT molecular complexity index is 306. The molecule has 0 N–H and O–H groups in total. The summed E-state index contributed by atoms with van der Waals surface area (Å²) < 4.78 is 0. The Morgan fingerprint density at radius 3 is 2.33 bits per heavy atom. The van der Waals surface area contributed by atoms with E-state index in [1.54, 1.807) is 0 Å². The van der Waals surface area contributed by atoms with Gasteiger partial charge in [-0.1, -0.05) is 37.3 Å². The first-order valence-electron chi connectivity index (χ1n) is 5.37. The maximum Gasteiger partial charge on any atom is 0.141 e. The zero-order valence-corrected chi connectivity index (χ0v) is 9.73. The van der Waals surface area contributed by atoms with Crippen LogP contribution in [0.1, 0.15) is 24.8 Å². The molecule has 0 heterocycles. The van der Waals surface area contributed by atoms with Gasteiger partial charge < -0.3 is 4.90 Å². The number of carbonyl (C=O) groups is 1. The molecule has 0 spiro atoms. The monoisotopic (exact) mass is 205 g/mol. The molecule has 1 aromatic carbocycles. The smallest absolute Gasteiger partial charge is 0.141 e. The fourth-order valence-electron chi connectivity index (χ4n) is 1.69. The van der Waals surface area contributed by atoms with Crippen LogP contribution in [-0.4, -0.2) is 31.3 Å². The largest absolute Gasteiger partial charge is 0.308 e. The van der Waals surface area contributed by atoms with E-state index in [2.05, 4.69) is 4.90 Å². The minimum Gasteiger partial charge on any atom is -0.308 e. The van der Waals surface area contributed by atoms with E-state index in [0.717, 1.165) is 12.1 Å². The van der Waals surface area contributed by atoms with Gasteiger partial charge in [0, 0.05) is 13.0 Å². The van der Waals surface area contributed by atoms with Gasteiger partial charge in [-0.25, -0.2) is 0 Å². The Hall–Kier alpha value is -1.15. The molecular weight excluding hydrogens is 186 g/mol. The van der Waals surface area contributed by atoms with Crippen molar-refractivity contribution >= 4 is 5.78 Å². The highest BCUT2D eigenvalue weighted by Gasteiger charge is 2.18. The van der Waals surface area contributed by atoms with E-state index < -0.39 is 0 Å². The molecule has 1 atom stereocenters. The van der Waals surface area contributed by atoms with Gasteiger partial charge >= 0.3 is 0 Å². The van der Waals surface area contributed by atoms with E-state index in [-0.39, 0.29) is 5.92 Å². The molecule has 0 aliphatic rings. The third-order valence-corrected chi connectivity index (χ3v) is 2.49. The van der Waals surface area contributed by atoms with Gasteiger partial charge in [0.15, 0.2) is 0 Å². The lowest BCUT2D eigenvalue weighted by Crippen LogP contribution is -2.25. The number of benzene rings is 1. The van der Waals surface area contributed by atoms with Crippen molar-refractivity contribution in [2.75, 3.05) is 20.6 Å². The fourth-order valence-corrected chi connectivity index (χ4v) is 1.69. The highest BCUT2D eigenvalue weighted by atomic mass is 16.1. The SMILES string of the molecule is CCC(=O)C(CN(C)C)c1ccccc1. The summed E-state index contributed by atoms with van der Waals surface area (Å²) in [4.78, 5) is 13.9. The Balaban J connectivity index is 2.86. The number of hydrogen-bond donors (Lipinski definition) is 0. The Morgan fingerprint density at radius 1 is 1.27 bits per heavy atom. The minimum absolute atomic E-state index is 0.0196. The summed E-state index contributed by atoms with van der Waals surface area (Å²) in [6, 6.07) is 10.0. The van der Waals surface area contributed by atoms with Crippen LogP contribution in [0.5, 0.6) is 0 Å². The van der Waals surface area contributed by atoms with Crippen molar-refractivity contribution in [3.8, 4) is 0 Å². The quantitative estimate of drug-likeness (QED) is 0.735. The van der Waals surface area contributed by atoms with E-state index in [1.807, 2.05) is 51.4 Å². The third kappa shape index (κ3) is 3.48. The topological polar surface area (TPSA) is 20.3 Å². The Kier molecular flexibility index (Phi) is 4.50. The van der Waals surface area contributed by atoms with Crippen molar-refractivity contribution < 1.29 is 4.79 Å². The molecule has 15 heavy (non-hydrogen) atoms. The van der Waals surface area contributed by atoms with Gasteiger partial charge in [-0.05, 0) is 19.7 Å². The first-order valence-corrected chi connectivity index (χ1v) is 5.37. The van der Waals surface area contributed by atoms with Gasteiger partial charge in [0.25, 0.3) is 0 Å². The number of likely N-dealkylation sites (N-methyl/N-ethyl adjacent to an activating group) is 1. The molecule has 0 saturated carbocycles. The Labute approximate surface area is 91.9 Å². The van der Waals surface area contributed by atoms with Crippen molar-refractivity contribution in [2.45, 2.75) is 19.3 Å². The molecule has 0 saturated heterocycles. The Morgan fingerprint density at radius 2 is 1.87 bits per heavy atom. The second-order valence-corrected chi connectivity index (χ2v) is 4.05. The lowest BCUT2D eigenvalue weighted by molar-refractivity contribution is -0.120. The van der Waals surface area contributed by atoms with Crippen LogP contribution in [0.15, 0.2) is 30.3 Å². The van der Waals surface area contributed by atoms with Gasteiger partial charge in [-0.2, -0.15) is 0 Å². The molecule has 0 amide bonds. The number of nitrogens with zero attached hydrogens (tertiary/aromatic N) is 1. The van der Waals surface area contributed by atoms with E-state index in [0.29, 0.717) is 12.2 Å². The van der Waals surface area contributed by atoms with Crippen molar-refractivity contribution in [1.82, 2.24) is 4.90 Å². The van der Waals surface area contributed by atoms with E-state index in [1.165, 1.54) is 0 Å². The van der Waals surface area contributed by atoms with Crippen LogP contribution in [0, 0.1) is 0 Å². The summed E-state index contributed by atoms with van der Waals surface area (Å²) in [7, 11) is 4.00. The average molecular weight is 205 g/mol. The standard InChI is InChI=1S/C13H19NO/c1-4-13(15)12(10-14(2)3)11-8-6-5-7-9-11/h5-9,12H,4,10H2,1-3H3. The molecule has 82 valence electrons. The summed E-state index contributed by atoms with van der Waals surface area (Å²) in [5.74, 6) is 0.334. The number of rotatable bonds is 5. The summed E-state index contributed by atoms with van der Waals surface area (Å²) >= 11 is 0. The zero-order valence-electron chi connectivity index (χ0n) is 9.73. The molecular formula is C13H19NO. The van der Waals surface area contributed by atoms with E-state index >= 15 is 0 Å². The zero-order chi connectivity index (χ0) is 11.3. The average Bonchev–Trinajstić information content (AvgIpc) is 2.26. The van der Waals surface area contributed by atoms with Crippen LogP contribution in [0.3, 0.4) is 0 Å². The second kappa shape index (κ2) is 5.66. The lowest BCUT2D eigenvalue weighted by atomic mass is 9.93. The van der Waals surface area contributed by atoms with Crippen LogP contribution in [0.25, 0.3) is 0 Å².